The monoisotopic (exact) mass is 287 g/mol. The Bertz CT molecular complexity index is 677. The molecule has 0 radical (unpaired) electrons. The second-order valence-corrected chi connectivity index (χ2v) is 4.93. The molecule has 0 bridgehead atoms. The molecular formula is C15H17N3O3. The Morgan fingerprint density at radius 3 is 2.71 bits per heavy atom. The number of imidazole rings is 1. The van der Waals surface area contributed by atoms with Crippen molar-refractivity contribution in [2.24, 2.45) is 7.05 Å². The molecule has 0 spiro atoms. The molecule has 0 fully saturated rings. The lowest BCUT2D eigenvalue weighted by Crippen LogP contribution is -2.25. The van der Waals surface area contributed by atoms with E-state index in [0.717, 1.165) is 16.8 Å². The van der Waals surface area contributed by atoms with Gasteiger partial charge in [-0.2, -0.15) is 0 Å². The van der Waals surface area contributed by atoms with Gasteiger partial charge in [0.1, 0.15) is 0 Å². The van der Waals surface area contributed by atoms with Crippen LogP contribution < -0.4 is 5.32 Å². The van der Waals surface area contributed by atoms with E-state index in [1.54, 1.807) is 25.4 Å². The standard InChI is InChI=1S/C15H17N3O3/c1-10-5-12(15(20)21)4-3-11(10)6-14(19)16-7-13-8-18(2)9-17-13/h3-5,8-9H,6-7H2,1-2H3,(H,16,19)(H,20,21). The van der Waals surface area contributed by atoms with Gasteiger partial charge >= 0.3 is 5.97 Å². The van der Waals surface area contributed by atoms with Gasteiger partial charge in [0.15, 0.2) is 0 Å². The largest absolute Gasteiger partial charge is 0.478 e. The van der Waals surface area contributed by atoms with Crippen molar-refractivity contribution in [3.8, 4) is 0 Å². The molecule has 0 atom stereocenters. The molecule has 2 rings (SSSR count). The Morgan fingerprint density at radius 1 is 1.38 bits per heavy atom. The van der Waals surface area contributed by atoms with Gasteiger partial charge in [-0.1, -0.05) is 6.07 Å². The summed E-state index contributed by atoms with van der Waals surface area (Å²) in [7, 11) is 1.87. The van der Waals surface area contributed by atoms with Gasteiger partial charge in [0.2, 0.25) is 5.91 Å². The Kier molecular flexibility index (Phi) is 4.37. The fourth-order valence-electron chi connectivity index (χ4n) is 2.01. The minimum atomic E-state index is -0.968. The van der Waals surface area contributed by atoms with E-state index in [1.807, 2.05) is 17.8 Å². The van der Waals surface area contributed by atoms with E-state index >= 15 is 0 Å². The number of hydrogen-bond acceptors (Lipinski definition) is 3. The maximum Gasteiger partial charge on any atom is 0.335 e. The molecule has 0 aliphatic heterocycles. The number of carboxylic acid groups (broad SMARTS) is 1. The van der Waals surface area contributed by atoms with Crippen LogP contribution in [-0.4, -0.2) is 26.5 Å². The van der Waals surface area contributed by atoms with Crippen LogP contribution in [0.1, 0.15) is 27.2 Å². The van der Waals surface area contributed by atoms with Gasteiger partial charge in [0.25, 0.3) is 0 Å². The summed E-state index contributed by atoms with van der Waals surface area (Å²) in [6, 6.07) is 4.76. The summed E-state index contributed by atoms with van der Waals surface area (Å²) in [5.74, 6) is -1.09. The zero-order valence-electron chi connectivity index (χ0n) is 12.0. The average molecular weight is 287 g/mol. The van der Waals surface area contributed by atoms with Gasteiger partial charge in [-0.3, -0.25) is 4.79 Å². The summed E-state index contributed by atoms with van der Waals surface area (Å²) >= 11 is 0. The van der Waals surface area contributed by atoms with Gasteiger partial charge in [0, 0.05) is 13.2 Å². The molecule has 2 aromatic rings. The highest BCUT2D eigenvalue weighted by Gasteiger charge is 2.09. The van der Waals surface area contributed by atoms with Crippen LogP contribution in [0.25, 0.3) is 0 Å². The van der Waals surface area contributed by atoms with E-state index in [-0.39, 0.29) is 17.9 Å². The summed E-state index contributed by atoms with van der Waals surface area (Å²) in [5, 5.41) is 11.7. The summed E-state index contributed by atoms with van der Waals surface area (Å²) in [4.78, 5) is 26.9. The number of carbonyl (C=O) groups is 2. The van der Waals surface area contributed by atoms with Crippen LogP contribution in [0.5, 0.6) is 0 Å². The molecule has 0 saturated carbocycles. The number of rotatable bonds is 5. The van der Waals surface area contributed by atoms with E-state index in [1.165, 1.54) is 6.07 Å². The smallest absolute Gasteiger partial charge is 0.335 e. The molecule has 1 amide bonds. The first-order valence-corrected chi connectivity index (χ1v) is 6.52. The predicted molar refractivity (Wildman–Crippen MR) is 76.9 cm³/mol. The van der Waals surface area contributed by atoms with Crippen molar-refractivity contribution in [2.45, 2.75) is 19.9 Å². The summed E-state index contributed by atoms with van der Waals surface area (Å²) < 4.78 is 1.82. The van der Waals surface area contributed by atoms with Gasteiger partial charge < -0.3 is 15.0 Å². The molecule has 1 aromatic heterocycles. The van der Waals surface area contributed by atoms with E-state index in [2.05, 4.69) is 10.3 Å². The third kappa shape index (κ3) is 3.92. The molecule has 0 saturated heterocycles. The van der Waals surface area contributed by atoms with Gasteiger partial charge in [-0.05, 0) is 30.2 Å². The normalized spacial score (nSPS) is 10.4. The highest BCUT2D eigenvalue weighted by Crippen LogP contribution is 2.12. The highest BCUT2D eigenvalue weighted by molar-refractivity contribution is 5.88. The first kappa shape index (κ1) is 14.8. The van der Waals surface area contributed by atoms with Crippen LogP contribution in [0.4, 0.5) is 0 Å². The van der Waals surface area contributed by atoms with E-state index < -0.39 is 5.97 Å². The Balaban J connectivity index is 1.94. The Morgan fingerprint density at radius 2 is 2.14 bits per heavy atom. The Hall–Kier alpha value is -2.63. The second kappa shape index (κ2) is 6.21. The first-order valence-electron chi connectivity index (χ1n) is 6.52. The molecule has 2 N–H and O–H groups in total. The maximum absolute atomic E-state index is 11.9. The average Bonchev–Trinajstić information content (AvgIpc) is 2.84. The van der Waals surface area contributed by atoms with Crippen molar-refractivity contribution >= 4 is 11.9 Å². The number of hydrogen-bond donors (Lipinski definition) is 2. The molecule has 110 valence electrons. The predicted octanol–water partition coefficient (Wildman–Crippen LogP) is 1.29. The number of aryl methyl sites for hydroxylation is 2. The van der Waals surface area contributed by atoms with Crippen LogP contribution in [0.3, 0.4) is 0 Å². The van der Waals surface area contributed by atoms with Crippen molar-refractivity contribution in [1.29, 1.82) is 0 Å². The van der Waals surface area contributed by atoms with E-state index in [9.17, 15) is 9.59 Å². The van der Waals surface area contributed by atoms with Gasteiger partial charge in [-0.15, -0.1) is 0 Å². The molecule has 0 unspecified atom stereocenters. The number of nitrogens with one attached hydrogen (secondary N) is 1. The summed E-state index contributed by atoms with van der Waals surface area (Å²) in [5.41, 5.74) is 2.63. The molecule has 0 aliphatic carbocycles. The SMILES string of the molecule is Cc1cc(C(=O)O)ccc1CC(=O)NCc1cn(C)cn1. The number of carbonyl (C=O) groups excluding carboxylic acids is 1. The summed E-state index contributed by atoms with van der Waals surface area (Å²) in [6.07, 6.45) is 3.74. The molecular weight excluding hydrogens is 270 g/mol. The maximum atomic E-state index is 11.9. The van der Waals surface area contributed by atoms with Crippen molar-refractivity contribution in [2.75, 3.05) is 0 Å². The van der Waals surface area contributed by atoms with Crippen molar-refractivity contribution < 1.29 is 14.7 Å². The van der Waals surface area contributed by atoms with Crippen molar-refractivity contribution in [3.63, 3.8) is 0 Å². The fourth-order valence-corrected chi connectivity index (χ4v) is 2.01. The molecule has 6 nitrogen and oxygen atoms in total. The number of benzene rings is 1. The number of carboxylic acids is 1. The lowest BCUT2D eigenvalue weighted by molar-refractivity contribution is -0.120. The molecule has 1 aromatic carbocycles. The van der Waals surface area contributed by atoms with Crippen LogP contribution in [0.15, 0.2) is 30.7 Å². The van der Waals surface area contributed by atoms with Crippen molar-refractivity contribution in [1.82, 2.24) is 14.9 Å². The van der Waals surface area contributed by atoms with Crippen LogP contribution in [0, 0.1) is 6.92 Å². The second-order valence-electron chi connectivity index (χ2n) is 4.93. The number of aromatic carboxylic acids is 1. The van der Waals surface area contributed by atoms with Gasteiger partial charge in [0.05, 0.1) is 30.6 Å². The molecule has 1 heterocycles. The van der Waals surface area contributed by atoms with Gasteiger partial charge in [-0.25, -0.2) is 9.78 Å². The number of amides is 1. The number of nitrogens with zero attached hydrogens (tertiary/aromatic N) is 2. The van der Waals surface area contributed by atoms with Crippen LogP contribution >= 0.6 is 0 Å². The third-order valence-corrected chi connectivity index (χ3v) is 3.17. The summed E-state index contributed by atoms with van der Waals surface area (Å²) in [6.45, 7) is 2.18. The van der Waals surface area contributed by atoms with Crippen LogP contribution in [0.2, 0.25) is 0 Å². The molecule has 0 aliphatic rings. The zero-order valence-corrected chi connectivity index (χ0v) is 12.0. The topological polar surface area (TPSA) is 84.2 Å². The van der Waals surface area contributed by atoms with Crippen molar-refractivity contribution in [3.05, 3.63) is 53.1 Å². The minimum Gasteiger partial charge on any atom is -0.478 e. The lowest BCUT2D eigenvalue weighted by atomic mass is 10.0. The minimum absolute atomic E-state index is 0.119. The highest BCUT2D eigenvalue weighted by atomic mass is 16.4. The molecule has 21 heavy (non-hydrogen) atoms. The lowest BCUT2D eigenvalue weighted by Gasteiger charge is -2.07. The van der Waals surface area contributed by atoms with E-state index in [0.29, 0.717) is 6.54 Å². The van der Waals surface area contributed by atoms with Crippen LogP contribution in [-0.2, 0) is 24.8 Å². The van der Waals surface area contributed by atoms with E-state index in [4.69, 9.17) is 5.11 Å². The third-order valence-electron chi connectivity index (χ3n) is 3.17. The molecule has 6 heteroatoms. The Labute approximate surface area is 122 Å². The number of aromatic nitrogens is 2. The first-order chi connectivity index (χ1) is 9.95. The quantitative estimate of drug-likeness (QED) is 0.867. The zero-order chi connectivity index (χ0) is 15.4. The fraction of sp³-hybridized carbons (Fsp3) is 0.267.